The Morgan fingerprint density at radius 3 is 2.16 bits per heavy atom. The zero-order chi connectivity index (χ0) is 23.0. The second kappa shape index (κ2) is 10.7. The molecule has 0 radical (unpaired) electrons. The Morgan fingerprint density at radius 1 is 1.10 bits per heavy atom. The van der Waals surface area contributed by atoms with Crippen LogP contribution in [-0.4, -0.2) is 57.5 Å². The molecule has 0 N–H and O–H groups in total. The number of carbonyl (C=O) groups excluding carboxylic acids is 2. The minimum absolute atomic E-state index is 0.000596. The number of nitrogens with zero attached hydrogens (tertiary/aromatic N) is 1. The van der Waals surface area contributed by atoms with Gasteiger partial charge >= 0.3 is 12.3 Å². The average Bonchev–Trinajstić information content (AvgIpc) is 3.25. The van der Waals surface area contributed by atoms with E-state index in [1.54, 1.807) is 18.2 Å². The van der Waals surface area contributed by atoms with Crippen molar-refractivity contribution in [1.29, 1.82) is 0 Å². The zero-order valence-corrected chi connectivity index (χ0v) is 18.0. The van der Waals surface area contributed by atoms with Gasteiger partial charge in [0.15, 0.2) is 11.5 Å². The summed E-state index contributed by atoms with van der Waals surface area (Å²) in [5.74, 6) is 0.829. The molecule has 11 nitrogen and oxygen atoms in total. The normalized spacial score (nSPS) is 15.6. The second-order valence-corrected chi connectivity index (χ2v) is 7.27. The molecule has 1 saturated carbocycles. The van der Waals surface area contributed by atoms with Gasteiger partial charge in [0.05, 0.1) is 27.4 Å². The van der Waals surface area contributed by atoms with Crippen LogP contribution >= 0.6 is 0 Å². The monoisotopic (exact) mass is 441 g/mol. The van der Waals surface area contributed by atoms with Crippen LogP contribution in [0.1, 0.15) is 38.2 Å². The lowest BCUT2D eigenvalue weighted by molar-refractivity contribution is -0.495. The summed E-state index contributed by atoms with van der Waals surface area (Å²) in [4.78, 5) is 34.4. The molecule has 0 amide bonds. The zero-order valence-electron chi connectivity index (χ0n) is 18.0. The van der Waals surface area contributed by atoms with Crippen LogP contribution in [0, 0.1) is 10.1 Å². The molecular weight excluding hydrogens is 414 g/mol. The summed E-state index contributed by atoms with van der Waals surface area (Å²) in [5.41, 5.74) is -1.28. The van der Waals surface area contributed by atoms with Crippen LogP contribution in [0.15, 0.2) is 18.2 Å². The van der Waals surface area contributed by atoms with Crippen LogP contribution in [0.5, 0.6) is 11.5 Å². The van der Waals surface area contributed by atoms with E-state index in [0.29, 0.717) is 17.1 Å². The number of nitro groups is 1. The van der Waals surface area contributed by atoms with Gasteiger partial charge in [0.1, 0.15) is 5.41 Å². The van der Waals surface area contributed by atoms with E-state index in [1.807, 2.05) is 0 Å². The van der Waals surface area contributed by atoms with Crippen molar-refractivity contribution in [2.75, 3.05) is 27.9 Å². The van der Waals surface area contributed by atoms with Gasteiger partial charge in [-0.3, -0.25) is 10.1 Å². The van der Waals surface area contributed by atoms with Gasteiger partial charge < -0.3 is 28.4 Å². The molecule has 0 aliphatic heterocycles. The van der Waals surface area contributed by atoms with Crippen molar-refractivity contribution < 1.29 is 42.9 Å². The molecule has 2 rings (SSSR count). The predicted octanol–water partition coefficient (Wildman–Crippen LogP) is 3.44. The molecule has 1 aromatic rings. The maximum absolute atomic E-state index is 11.8. The van der Waals surface area contributed by atoms with Crippen molar-refractivity contribution in [3.63, 3.8) is 0 Å². The van der Waals surface area contributed by atoms with Gasteiger partial charge in [-0.15, -0.1) is 0 Å². The van der Waals surface area contributed by atoms with Crippen molar-refractivity contribution in [2.45, 2.75) is 50.4 Å². The van der Waals surface area contributed by atoms with E-state index in [-0.39, 0.29) is 6.10 Å². The van der Waals surface area contributed by atoms with E-state index < -0.39 is 35.5 Å². The molecule has 0 saturated heterocycles. The van der Waals surface area contributed by atoms with Crippen molar-refractivity contribution in [1.82, 2.24) is 0 Å². The smallest absolute Gasteiger partial charge is 0.493 e. The highest BCUT2D eigenvalue weighted by molar-refractivity contribution is 5.62. The van der Waals surface area contributed by atoms with Gasteiger partial charge in [-0.05, 0) is 50.3 Å². The van der Waals surface area contributed by atoms with E-state index in [4.69, 9.17) is 18.9 Å². The molecule has 0 bridgehead atoms. The Bertz CT molecular complexity index is 774. The van der Waals surface area contributed by atoms with Gasteiger partial charge in [0.25, 0.3) is 6.29 Å². The van der Waals surface area contributed by atoms with E-state index in [1.165, 1.54) is 14.0 Å². The average molecular weight is 441 g/mol. The van der Waals surface area contributed by atoms with Crippen LogP contribution < -0.4 is 9.47 Å². The number of rotatable bonds is 9. The number of hydrogen-bond acceptors (Lipinski definition) is 10. The third kappa shape index (κ3) is 6.12. The maximum Gasteiger partial charge on any atom is 0.511 e. The fourth-order valence-electron chi connectivity index (χ4n) is 3.44. The minimum atomic E-state index is -1.72. The van der Waals surface area contributed by atoms with Crippen LogP contribution in [0.4, 0.5) is 9.59 Å². The Labute approximate surface area is 179 Å². The second-order valence-electron chi connectivity index (χ2n) is 7.27. The lowest BCUT2D eigenvalue weighted by Crippen LogP contribution is -2.47. The largest absolute Gasteiger partial charge is 0.511 e. The Hall–Kier alpha value is -3.24. The lowest BCUT2D eigenvalue weighted by Gasteiger charge is -2.33. The first kappa shape index (κ1) is 24.0. The number of carbonyl (C=O) groups is 2. The molecule has 1 aliphatic carbocycles. The van der Waals surface area contributed by atoms with Gasteiger partial charge in [-0.25, -0.2) is 9.59 Å². The summed E-state index contributed by atoms with van der Waals surface area (Å²) < 4.78 is 30.5. The fraction of sp³-hybridized carbons (Fsp3) is 0.600. The molecule has 1 unspecified atom stereocenters. The Morgan fingerprint density at radius 2 is 1.68 bits per heavy atom. The molecule has 11 heteroatoms. The maximum atomic E-state index is 11.8. The van der Waals surface area contributed by atoms with E-state index in [9.17, 15) is 19.7 Å². The number of benzene rings is 1. The molecule has 172 valence electrons. The molecule has 1 aromatic carbocycles. The SMILES string of the molecule is COC(=O)OC(OC(=O)OC)C(C)(C[N+](=O)[O-])c1ccc(OC)c(OC2CCCC2)c1. The summed E-state index contributed by atoms with van der Waals surface area (Å²) in [6.07, 6.45) is -0.205. The summed E-state index contributed by atoms with van der Waals surface area (Å²) >= 11 is 0. The first-order chi connectivity index (χ1) is 14.7. The third-order valence-corrected chi connectivity index (χ3v) is 5.14. The van der Waals surface area contributed by atoms with Gasteiger partial charge in [-0.2, -0.15) is 0 Å². The van der Waals surface area contributed by atoms with E-state index in [0.717, 1.165) is 39.9 Å². The van der Waals surface area contributed by atoms with Crippen LogP contribution in [0.2, 0.25) is 0 Å². The Balaban J connectivity index is 2.50. The van der Waals surface area contributed by atoms with Gasteiger partial charge in [0, 0.05) is 4.92 Å². The summed E-state index contributed by atoms with van der Waals surface area (Å²) in [5, 5.41) is 11.5. The topological polar surface area (TPSA) is 133 Å². The molecule has 0 spiro atoms. The first-order valence-electron chi connectivity index (χ1n) is 9.69. The van der Waals surface area contributed by atoms with Crippen molar-refractivity contribution in [3.8, 4) is 11.5 Å². The van der Waals surface area contributed by atoms with E-state index in [2.05, 4.69) is 9.47 Å². The molecule has 1 atom stereocenters. The highest BCUT2D eigenvalue weighted by Gasteiger charge is 2.47. The van der Waals surface area contributed by atoms with Crippen molar-refractivity contribution >= 4 is 12.3 Å². The number of methoxy groups -OCH3 is 3. The van der Waals surface area contributed by atoms with Crippen molar-refractivity contribution in [3.05, 3.63) is 33.9 Å². The lowest BCUT2D eigenvalue weighted by atomic mass is 9.81. The first-order valence-corrected chi connectivity index (χ1v) is 9.69. The van der Waals surface area contributed by atoms with Crippen LogP contribution in [-0.2, 0) is 24.4 Å². The summed E-state index contributed by atoms with van der Waals surface area (Å²) in [6, 6.07) is 4.71. The van der Waals surface area contributed by atoms with Crippen LogP contribution in [0.3, 0.4) is 0 Å². The summed E-state index contributed by atoms with van der Waals surface area (Å²) in [6.45, 7) is 0.689. The quantitative estimate of drug-likeness (QED) is 0.243. The highest BCUT2D eigenvalue weighted by Crippen LogP contribution is 2.39. The fourth-order valence-corrected chi connectivity index (χ4v) is 3.44. The van der Waals surface area contributed by atoms with Crippen molar-refractivity contribution in [2.24, 2.45) is 0 Å². The minimum Gasteiger partial charge on any atom is -0.493 e. The van der Waals surface area contributed by atoms with Gasteiger partial charge in [-0.1, -0.05) is 6.07 Å². The molecule has 1 aliphatic rings. The molecule has 31 heavy (non-hydrogen) atoms. The number of ether oxygens (including phenoxy) is 6. The van der Waals surface area contributed by atoms with E-state index >= 15 is 0 Å². The molecule has 0 heterocycles. The standard InChI is InChI=1S/C20H27NO10/c1-20(12-21(24)25,17(30-18(22)27-3)31-19(23)28-4)13-9-10-15(26-2)16(11-13)29-14-7-5-6-8-14/h9-11,14,17H,5-8,12H2,1-4H3. The van der Waals surface area contributed by atoms with Gasteiger partial charge in [0.2, 0.25) is 6.54 Å². The highest BCUT2D eigenvalue weighted by atomic mass is 16.8. The summed E-state index contributed by atoms with van der Waals surface area (Å²) in [7, 11) is 3.60. The molecular formula is C20H27NO10. The predicted molar refractivity (Wildman–Crippen MR) is 106 cm³/mol. The molecule has 1 fully saturated rings. The Kier molecular flexibility index (Phi) is 8.29. The van der Waals surface area contributed by atoms with Crippen LogP contribution in [0.25, 0.3) is 0 Å². The molecule has 0 aromatic heterocycles. The number of hydrogen-bond donors (Lipinski definition) is 0. The third-order valence-electron chi connectivity index (χ3n) is 5.14.